The van der Waals surface area contributed by atoms with Gasteiger partial charge in [0, 0.05) is 0 Å². The van der Waals surface area contributed by atoms with Crippen molar-refractivity contribution in [2.45, 2.75) is 25.8 Å². The van der Waals surface area contributed by atoms with Crippen LogP contribution in [-0.2, 0) is 0 Å². The summed E-state index contributed by atoms with van der Waals surface area (Å²) < 4.78 is 28.9. The molecule has 2 aromatic carbocycles. The first-order valence-corrected chi connectivity index (χ1v) is 6.67. The van der Waals surface area contributed by atoms with Crippen molar-refractivity contribution in [1.82, 2.24) is 0 Å². The summed E-state index contributed by atoms with van der Waals surface area (Å²) in [5.41, 5.74) is 3.93. The van der Waals surface area contributed by atoms with Crippen molar-refractivity contribution in [1.29, 1.82) is 0 Å². The van der Waals surface area contributed by atoms with Gasteiger partial charge in [-0.2, -0.15) is 8.78 Å². The zero-order chi connectivity index (χ0) is 14.7. The summed E-state index contributed by atoms with van der Waals surface area (Å²) in [6.45, 7) is 1.16. The lowest BCUT2D eigenvalue weighted by atomic mass is 9.98. The summed E-state index contributed by atoms with van der Waals surface area (Å²) in [5, 5.41) is -0.392. The van der Waals surface area contributed by atoms with Gasteiger partial charge < -0.3 is 4.74 Å². The van der Waals surface area contributed by atoms with Crippen LogP contribution in [-0.4, -0.2) is 6.61 Å². The van der Waals surface area contributed by atoms with Crippen molar-refractivity contribution in [3.8, 4) is 5.75 Å². The predicted molar refractivity (Wildman–Crippen MR) is 76.7 cm³/mol. The second-order valence-corrected chi connectivity index (χ2v) is 5.11. The number of hydrogen-bond donors (Lipinski definition) is 0. The average molecular weight is 297 g/mol. The quantitative estimate of drug-likeness (QED) is 0.702. The number of halogens is 3. The third kappa shape index (κ3) is 3.48. The number of ether oxygens (including phenoxy) is 1. The minimum absolute atomic E-state index is 0.118. The number of rotatable bonds is 4. The standard InChI is InChI=1S/C16H15ClF2O/c1-10-6-7-14(11(2)8-10)15(17)12-4-3-5-13(9-12)20-16(18)19/h3-9,15-16H,1-2H3. The van der Waals surface area contributed by atoms with E-state index in [0.717, 1.165) is 22.3 Å². The van der Waals surface area contributed by atoms with Crippen LogP contribution in [0, 0.1) is 13.8 Å². The molecule has 2 rings (SSSR count). The van der Waals surface area contributed by atoms with Crippen LogP contribution in [0.1, 0.15) is 27.6 Å². The molecule has 2 aromatic rings. The highest BCUT2D eigenvalue weighted by atomic mass is 35.5. The lowest BCUT2D eigenvalue weighted by molar-refractivity contribution is -0.0498. The second kappa shape index (κ2) is 6.23. The van der Waals surface area contributed by atoms with E-state index < -0.39 is 12.0 Å². The highest BCUT2D eigenvalue weighted by Gasteiger charge is 2.14. The molecule has 0 radical (unpaired) electrons. The maximum atomic E-state index is 12.2. The first-order chi connectivity index (χ1) is 9.47. The molecule has 0 N–H and O–H groups in total. The average Bonchev–Trinajstić information content (AvgIpc) is 2.37. The van der Waals surface area contributed by atoms with E-state index in [0.29, 0.717) is 0 Å². The first kappa shape index (κ1) is 14.8. The van der Waals surface area contributed by atoms with Crippen molar-refractivity contribution < 1.29 is 13.5 Å². The normalized spacial score (nSPS) is 12.5. The summed E-state index contributed by atoms with van der Waals surface area (Å²) in [7, 11) is 0. The number of aryl methyl sites for hydroxylation is 2. The Morgan fingerprint density at radius 2 is 1.80 bits per heavy atom. The predicted octanol–water partition coefficient (Wildman–Crippen LogP) is 5.23. The molecular weight excluding hydrogens is 282 g/mol. The molecule has 20 heavy (non-hydrogen) atoms. The van der Waals surface area contributed by atoms with Crippen LogP contribution in [0.2, 0.25) is 0 Å². The lowest BCUT2D eigenvalue weighted by Gasteiger charge is -2.15. The van der Waals surface area contributed by atoms with Crippen LogP contribution in [0.4, 0.5) is 8.78 Å². The third-order valence-electron chi connectivity index (χ3n) is 3.07. The van der Waals surface area contributed by atoms with E-state index in [1.165, 1.54) is 6.07 Å². The molecule has 0 fully saturated rings. The minimum atomic E-state index is -2.83. The van der Waals surface area contributed by atoms with Crippen LogP contribution in [0.5, 0.6) is 5.75 Å². The van der Waals surface area contributed by atoms with E-state index in [2.05, 4.69) is 4.74 Å². The Morgan fingerprint density at radius 1 is 1.05 bits per heavy atom. The smallest absolute Gasteiger partial charge is 0.387 e. The molecule has 0 aliphatic heterocycles. The van der Waals surface area contributed by atoms with Gasteiger partial charge in [-0.25, -0.2) is 0 Å². The monoisotopic (exact) mass is 296 g/mol. The van der Waals surface area contributed by atoms with Gasteiger partial charge >= 0.3 is 6.61 Å². The molecule has 0 amide bonds. The van der Waals surface area contributed by atoms with Gasteiger partial charge in [0.2, 0.25) is 0 Å². The van der Waals surface area contributed by atoms with Crippen molar-refractivity contribution >= 4 is 11.6 Å². The van der Waals surface area contributed by atoms with E-state index in [4.69, 9.17) is 11.6 Å². The summed E-state index contributed by atoms with van der Waals surface area (Å²) in [4.78, 5) is 0. The van der Waals surface area contributed by atoms with Gasteiger partial charge in [-0.05, 0) is 42.7 Å². The lowest BCUT2D eigenvalue weighted by Crippen LogP contribution is -2.03. The number of alkyl halides is 3. The molecule has 0 spiro atoms. The molecule has 0 heterocycles. The summed E-state index contributed by atoms with van der Waals surface area (Å²) in [6.07, 6.45) is 0. The Morgan fingerprint density at radius 3 is 2.45 bits per heavy atom. The van der Waals surface area contributed by atoms with Crippen molar-refractivity contribution in [2.24, 2.45) is 0 Å². The van der Waals surface area contributed by atoms with E-state index in [1.807, 2.05) is 32.0 Å². The Balaban J connectivity index is 2.30. The largest absolute Gasteiger partial charge is 0.435 e. The molecular formula is C16H15ClF2O. The maximum absolute atomic E-state index is 12.2. The van der Waals surface area contributed by atoms with Crippen LogP contribution in [0.25, 0.3) is 0 Å². The zero-order valence-electron chi connectivity index (χ0n) is 11.2. The molecule has 1 atom stereocenters. The van der Waals surface area contributed by atoms with Gasteiger partial charge in [0.25, 0.3) is 0 Å². The molecule has 0 saturated carbocycles. The Hall–Kier alpha value is -1.61. The van der Waals surface area contributed by atoms with Crippen LogP contribution in [0.15, 0.2) is 42.5 Å². The van der Waals surface area contributed by atoms with Gasteiger partial charge in [0.15, 0.2) is 0 Å². The maximum Gasteiger partial charge on any atom is 0.387 e. The molecule has 1 unspecified atom stereocenters. The summed E-state index contributed by atoms with van der Waals surface area (Å²) in [5.74, 6) is 0.118. The van der Waals surface area contributed by atoms with Crippen molar-refractivity contribution in [2.75, 3.05) is 0 Å². The number of benzene rings is 2. The SMILES string of the molecule is Cc1ccc(C(Cl)c2cccc(OC(F)F)c2)c(C)c1. The third-order valence-corrected chi connectivity index (χ3v) is 3.56. The van der Waals surface area contributed by atoms with E-state index in [-0.39, 0.29) is 5.75 Å². The number of hydrogen-bond acceptors (Lipinski definition) is 1. The minimum Gasteiger partial charge on any atom is -0.435 e. The first-order valence-electron chi connectivity index (χ1n) is 6.23. The fourth-order valence-corrected chi connectivity index (χ4v) is 2.52. The fraction of sp³-hybridized carbons (Fsp3) is 0.250. The van der Waals surface area contributed by atoms with Gasteiger partial charge in [-0.3, -0.25) is 0 Å². The molecule has 0 bridgehead atoms. The van der Waals surface area contributed by atoms with E-state index in [9.17, 15) is 8.78 Å². The van der Waals surface area contributed by atoms with Gasteiger partial charge in [0.1, 0.15) is 5.75 Å². The summed E-state index contributed by atoms with van der Waals surface area (Å²) >= 11 is 6.45. The van der Waals surface area contributed by atoms with Crippen molar-refractivity contribution in [3.05, 3.63) is 64.7 Å². The molecule has 0 aliphatic carbocycles. The molecule has 0 aliphatic rings. The Kier molecular flexibility index (Phi) is 4.61. The van der Waals surface area contributed by atoms with Gasteiger partial charge in [-0.15, -0.1) is 11.6 Å². The highest BCUT2D eigenvalue weighted by molar-refractivity contribution is 6.22. The van der Waals surface area contributed by atoms with Crippen LogP contribution in [0.3, 0.4) is 0 Å². The highest BCUT2D eigenvalue weighted by Crippen LogP contribution is 2.33. The van der Waals surface area contributed by atoms with Gasteiger partial charge in [-0.1, -0.05) is 35.9 Å². The van der Waals surface area contributed by atoms with Gasteiger partial charge in [0.05, 0.1) is 5.38 Å². The second-order valence-electron chi connectivity index (χ2n) is 4.67. The molecule has 0 saturated heterocycles. The Labute approximate surface area is 122 Å². The fourth-order valence-electron chi connectivity index (χ4n) is 2.14. The Bertz CT molecular complexity index is 599. The topological polar surface area (TPSA) is 9.23 Å². The molecule has 4 heteroatoms. The van der Waals surface area contributed by atoms with E-state index >= 15 is 0 Å². The molecule has 1 nitrogen and oxygen atoms in total. The molecule has 0 aromatic heterocycles. The van der Waals surface area contributed by atoms with Crippen LogP contribution >= 0.6 is 11.6 Å². The zero-order valence-corrected chi connectivity index (χ0v) is 12.0. The molecule has 106 valence electrons. The van der Waals surface area contributed by atoms with Crippen molar-refractivity contribution in [3.63, 3.8) is 0 Å². The van der Waals surface area contributed by atoms with Crippen LogP contribution < -0.4 is 4.74 Å². The summed E-state index contributed by atoms with van der Waals surface area (Å²) in [6, 6.07) is 12.5. The van der Waals surface area contributed by atoms with E-state index in [1.54, 1.807) is 18.2 Å².